The summed E-state index contributed by atoms with van der Waals surface area (Å²) >= 11 is 4.87. The van der Waals surface area contributed by atoms with Gasteiger partial charge in [-0.1, -0.05) is 6.92 Å². The van der Waals surface area contributed by atoms with Crippen molar-refractivity contribution in [3.05, 3.63) is 52.1 Å². The molecule has 1 unspecified atom stereocenters. The van der Waals surface area contributed by atoms with Crippen molar-refractivity contribution in [1.29, 1.82) is 0 Å². The molecule has 4 nitrogen and oxygen atoms in total. The van der Waals surface area contributed by atoms with Gasteiger partial charge in [-0.3, -0.25) is 9.82 Å². The fourth-order valence-corrected chi connectivity index (χ4v) is 3.03. The molecule has 0 aliphatic heterocycles. The van der Waals surface area contributed by atoms with E-state index in [1.807, 2.05) is 13.1 Å². The highest BCUT2D eigenvalue weighted by Crippen LogP contribution is 2.29. The van der Waals surface area contributed by atoms with Crippen molar-refractivity contribution in [3.63, 3.8) is 0 Å². The van der Waals surface area contributed by atoms with E-state index in [9.17, 15) is 4.39 Å². The van der Waals surface area contributed by atoms with Crippen molar-refractivity contribution in [2.45, 2.75) is 24.3 Å². The smallest absolute Gasteiger partial charge is 0.141 e. The van der Waals surface area contributed by atoms with Crippen LogP contribution in [0.3, 0.4) is 0 Å². The number of hydroxylamine groups is 1. The predicted octanol–water partition coefficient (Wildman–Crippen LogP) is 4.22. The molecule has 0 radical (unpaired) electrons. The Kier molecular flexibility index (Phi) is 6.31. The molecule has 0 aromatic carbocycles. The van der Waals surface area contributed by atoms with Crippen LogP contribution < -0.4 is 0 Å². The van der Waals surface area contributed by atoms with Crippen LogP contribution in [0.5, 0.6) is 0 Å². The lowest BCUT2D eigenvalue weighted by Crippen LogP contribution is -2.09. The van der Waals surface area contributed by atoms with Crippen molar-refractivity contribution < 1.29 is 9.23 Å². The maximum absolute atomic E-state index is 13.0. The lowest BCUT2D eigenvalue weighted by molar-refractivity contribution is -0.0148. The van der Waals surface area contributed by atoms with Gasteiger partial charge < -0.3 is 0 Å². The minimum absolute atomic E-state index is 0.156. The van der Waals surface area contributed by atoms with E-state index in [0.29, 0.717) is 0 Å². The van der Waals surface area contributed by atoms with Crippen LogP contribution in [0.15, 0.2) is 40.1 Å². The fourth-order valence-electron chi connectivity index (χ4n) is 1.97. The van der Waals surface area contributed by atoms with Crippen LogP contribution in [0.25, 0.3) is 0 Å². The van der Waals surface area contributed by atoms with Gasteiger partial charge in [0.2, 0.25) is 0 Å². The first-order valence-electron chi connectivity index (χ1n) is 6.71. The molecule has 0 fully saturated rings. The molecule has 2 heterocycles. The van der Waals surface area contributed by atoms with Crippen LogP contribution in [-0.2, 0) is 11.3 Å². The van der Waals surface area contributed by atoms with E-state index in [1.54, 1.807) is 23.8 Å². The van der Waals surface area contributed by atoms with Crippen LogP contribution in [0.2, 0.25) is 0 Å². The Morgan fingerprint density at radius 2 is 2.14 bits per heavy atom. The zero-order chi connectivity index (χ0) is 16.1. The summed E-state index contributed by atoms with van der Waals surface area (Å²) in [6, 6.07) is 5.20. The summed E-state index contributed by atoms with van der Waals surface area (Å²) in [5.41, 5.74) is 1.94. The van der Waals surface area contributed by atoms with E-state index in [-0.39, 0.29) is 11.7 Å². The first-order chi connectivity index (χ1) is 10.5. The molecule has 2 rings (SSSR count). The van der Waals surface area contributed by atoms with Gasteiger partial charge in [0.1, 0.15) is 10.8 Å². The first-order valence-corrected chi connectivity index (χ1v) is 8.28. The van der Waals surface area contributed by atoms with E-state index >= 15 is 0 Å². The van der Waals surface area contributed by atoms with Crippen LogP contribution in [0.4, 0.5) is 4.39 Å². The number of pyridine rings is 2. The molecule has 118 valence electrons. The van der Waals surface area contributed by atoms with Gasteiger partial charge in [0.25, 0.3) is 0 Å². The number of halogens is 2. The van der Waals surface area contributed by atoms with Gasteiger partial charge in [0.05, 0.1) is 13.3 Å². The Morgan fingerprint density at radius 1 is 1.36 bits per heavy atom. The van der Waals surface area contributed by atoms with E-state index in [0.717, 1.165) is 27.2 Å². The average molecular weight is 386 g/mol. The Bertz CT molecular complexity index is 627. The number of nitrogens with zero attached hydrogens (tertiary/aromatic N) is 3. The van der Waals surface area contributed by atoms with Crippen LogP contribution >= 0.6 is 27.9 Å². The summed E-state index contributed by atoms with van der Waals surface area (Å²) in [5.74, 6) is -0.165. The van der Waals surface area contributed by atoms with Gasteiger partial charge in [0, 0.05) is 41.3 Å². The van der Waals surface area contributed by atoms with Gasteiger partial charge in [-0.15, -0.1) is 4.47 Å². The molecular weight excluding hydrogens is 369 g/mol. The monoisotopic (exact) mass is 385 g/mol. The third kappa shape index (κ3) is 4.74. The van der Waals surface area contributed by atoms with Crippen LogP contribution in [0.1, 0.15) is 24.1 Å². The summed E-state index contributed by atoms with van der Waals surface area (Å²) in [7, 11) is 3.43. The molecule has 0 amide bonds. The molecular formula is C15H17BrFN3OS. The SMILES string of the molecule is CON(C)Sc1ncc(Br)cc1CC(C)c1ccc(F)cn1. The van der Waals surface area contributed by atoms with Gasteiger partial charge in [-0.05, 0) is 46.1 Å². The number of rotatable bonds is 6. The van der Waals surface area contributed by atoms with Gasteiger partial charge in [-0.2, -0.15) is 0 Å². The Morgan fingerprint density at radius 3 is 2.77 bits per heavy atom. The molecule has 0 saturated carbocycles. The maximum atomic E-state index is 13.0. The molecule has 2 aromatic heterocycles. The van der Waals surface area contributed by atoms with Crippen molar-refractivity contribution >= 4 is 27.9 Å². The predicted molar refractivity (Wildman–Crippen MR) is 88.9 cm³/mol. The van der Waals surface area contributed by atoms with Crippen molar-refractivity contribution in [3.8, 4) is 0 Å². The zero-order valence-electron chi connectivity index (χ0n) is 12.6. The topological polar surface area (TPSA) is 38.2 Å². The second-order valence-corrected chi connectivity index (χ2v) is 6.84. The lowest BCUT2D eigenvalue weighted by atomic mass is 9.99. The van der Waals surface area contributed by atoms with Crippen molar-refractivity contribution in [2.75, 3.05) is 14.2 Å². The van der Waals surface area contributed by atoms with Crippen LogP contribution in [0, 0.1) is 5.82 Å². The van der Waals surface area contributed by atoms with E-state index in [1.165, 1.54) is 24.2 Å². The van der Waals surface area contributed by atoms with Gasteiger partial charge in [-0.25, -0.2) is 9.37 Å². The summed E-state index contributed by atoms with van der Waals surface area (Å²) in [4.78, 5) is 13.7. The number of hydrogen-bond acceptors (Lipinski definition) is 5. The molecule has 0 aliphatic carbocycles. The van der Waals surface area contributed by atoms with Crippen LogP contribution in [-0.4, -0.2) is 28.6 Å². The molecule has 0 N–H and O–H groups in total. The highest BCUT2D eigenvalue weighted by atomic mass is 79.9. The molecule has 0 aliphatic rings. The Labute approximate surface area is 142 Å². The normalized spacial score (nSPS) is 12.6. The lowest BCUT2D eigenvalue weighted by Gasteiger charge is -2.17. The Balaban J connectivity index is 2.20. The minimum atomic E-state index is -0.321. The summed E-state index contributed by atoms with van der Waals surface area (Å²) in [6.07, 6.45) is 3.76. The fraction of sp³-hybridized carbons (Fsp3) is 0.333. The molecule has 7 heteroatoms. The molecule has 2 aromatic rings. The maximum Gasteiger partial charge on any atom is 0.141 e. The molecule has 1 atom stereocenters. The second-order valence-electron chi connectivity index (χ2n) is 4.84. The molecule has 0 saturated heterocycles. The van der Waals surface area contributed by atoms with E-state index in [4.69, 9.17) is 4.84 Å². The quantitative estimate of drug-likeness (QED) is 0.549. The standard InChI is InChI=1S/C15H17BrFN3OS/c1-10(14-5-4-13(17)9-18-14)6-11-7-12(16)8-19-15(11)22-20(2)21-3/h4-5,7-10H,6H2,1-3H3. The summed E-state index contributed by atoms with van der Waals surface area (Å²) < 4.78 is 15.5. The highest BCUT2D eigenvalue weighted by molar-refractivity contribution is 9.10. The van der Waals surface area contributed by atoms with E-state index in [2.05, 4.69) is 32.8 Å². The second kappa shape index (κ2) is 8.01. The Hall–Kier alpha value is -1.02. The molecule has 0 bridgehead atoms. The average Bonchev–Trinajstić information content (AvgIpc) is 2.50. The molecule has 0 spiro atoms. The van der Waals surface area contributed by atoms with Crippen molar-refractivity contribution in [1.82, 2.24) is 14.4 Å². The third-order valence-electron chi connectivity index (χ3n) is 3.15. The largest absolute Gasteiger partial charge is 0.292 e. The summed E-state index contributed by atoms with van der Waals surface area (Å²) in [6.45, 7) is 2.07. The number of hydrogen-bond donors (Lipinski definition) is 0. The molecule has 22 heavy (non-hydrogen) atoms. The third-order valence-corrected chi connectivity index (χ3v) is 4.53. The zero-order valence-corrected chi connectivity index (χ0v) is 15.0. The number of aromatic nitrogens is 2. The van der Waals surface area contributed by atoms with Gasteiger partial charge in [0.15, 0.2) is 0 Å². The first kappa shape index (κ1) is 17.3. The summed E-state index contributed by atoms with van der Waals surface area (Å²) in [5, 5.41) is 0.876. The highest BCUT2D eigenvalue weighted by Gasteiger charge is 2.14. The van der Waals surface area contributed by atoms with E-state index < -0.39 is 0 Å². The van der Waals surface area contributed by atoms with Crippen molar-refractivity contribution in [2.24, 2.45) is 0 Å². The minimum Gasteiger partial charge on any atom is -0.292 e. The van der Waals surface area contributed by atoms with Gasteiger partial charge >= 0.3 is 0 Å².